The van der Waals surface area contributed by atoms with Gasteiger partial charge in [-0.3, -0.25) is 15.1 Å². The van der Waals surface area contributed by atoms with E-state index in [1.54, 1.807) is 0 Å². The lowest BCUT2D eigenvalue weighted by Crippen LogP contribution is -2.19. The van der Waals surface area contributed by atoms with E-state index in [-0.39, 0.29) is 14.6 Å². The number of halogens is 5. The number of ether oxygens (including phenoxy) is 1. The van der Waals surface area contributed by atoms with Crippen LogP contribution in [0.4, 0.5) is 18.9 Å². The quantitative estimate of drug-likeness (QED) is 0.321. The van der Waals surface area contributed by atoms with Gasteiger partial charge in [-0.05, 0) is 22.6 Å². The number of rotatable bonds is 3. The van der Waals surface area contributed by atoms with E-state index in [0.29, 0.717) is 0 Å². The maximum atomic E-state index is 12.1. The molecule has 0 aromatic carbocycles. The topological polar surface area (TPSA) is 65.3 Å². The minimum absolute atomic E-state index is 0.0500. The zero-order valence-electron chi connectivity index (χ0n) is 7.79. The van der Waals surface area contributed by atoms with Crippen LogP contribution >= 0.6 is 38.5 Å². The van der Waals surface area contributed by atoms with Gasteiger partial charge in [0.1, 0.15) is 6.20 Å². The fraction of sp³-hybridized carbons (Fsp3) is 0.286. The minimum atomic E-state index is -4.99. The minimum Gasteiger partial charge on any atom is -0.397 e. The smallest absolute Gasteiger partial charge is 0.397 e. The van der Waals surface area contributed by atoms with E-state index in [0.717, 1.165) is 6.20 Å². The monoisotopic (exact) mass is 426 g/mol. The van der Waals surface area contributed by atoms with Crippen molar-refractivity contribution in [2.24, 2.45) is 0 Å². The van der Waals surface area contributed by atoms with Crippen LogP contribution in [-0.2, 0) is 5.33 Å². The number of nitro groups is 1. The summed E-state index contributed by atoms with van der Waals surface area (Å²) in [5.41, 5.74) is -0.591. The number of pyridine rings is 1. The summed E-state index contributed by atoms with van der Waals surface area (Å²) < 4.78 is 40.0. The molecule has 1 aromatic heterocycles. The molecule has 0 bridgehead atoms. The summed E-state index contributed by atoms with van der Waals surface area (Å²) in [6.45, 7) is 0. The van der Waals surface area contributed by atoms with Crippen LogP contribution in [0.25, 0.3) is 0 Å². The molecule has 1 aromatic rings. The molecule has 0 aliphatic rings. The fourth-order valence-electron chi connectivity index (χ4n) is 0.934. The Morgan fingerprint density at radius 3 is 2.59 bits per heavy atom. The lowest BCUT2D eigenvalue weighted by Gasteiger charge is -2.11. The van der Waals surface area contributed by atoms with Crippen molar-refractivity contribution in [3.05, 3.63) is 25.6 Å². The lowest BCUT2D eigenvalue weighted by molar-refractivity contribution is -0.389. The molecule has 0 atom stereocenters. The Morgan fingerprint density at radius 1 is 1.59 bits per heavy atom. The molecule has 0 saturated heterocycles. The molecule has 1 heterocycles. The first kappa shape index (κ1) is 14.4. The summed E-state index contributed by atoms with van der Waals surface area (Å²) in [6, 6.07) is 0. The molecule has 0 amide bonds. The number of nitrogens with zero attached hydrogens (tertiary/aromatic N) is 2. The summed E-state index contributed by atoms with van der Waals surface area (Å²) >= 11 is 4.53. The Labute approximate surface area is 115 Å². The molecule has 0 N–H and O–H groups in total. The number of aromatic nitrogens is 1. The molecule has 17 heavy (non-hydrogen) atoms. The van der Waals surface area contributed by atoms with E-state index in [1.807, 2.05) is 0 Å². The van der Waals surface area contributed by atoms with Gasteiger partial charge in [0, 0.05) is 5.33 Å². The first-order valence-corrected chi connectivity index (χ1v) is 6.09. The molecule has 0 fully saturated rings. The Morgan fingerprint density at radius 2 is 2.18 bits per heavy atom. The number of alkyl halides is 4. The van der Waals surface area contributed by atoms with Gasteiger partial charge in [0.2, 0.25) is 5.75 Å². The molecule has 0 spiro atoms. The van der Waals surface area contributed by atoms with Gasteiger partial charge < -0.3 is 4.74 Å². The summed E-state index contributed by atoms with van der Waals surface area (Å²) in [4.78, 5) is 13.2. The standard InChI is InChI=1S/C7H3BrF3IN2O3/c8-1-3-5(12)6(17-7(9,10)11)4(2-13-3)14(15)16/h2H,1H2. The average molecular weight is 427 g/mol. The predicted octanol–water partition coefficient (Wildman–Crippen LogP) is 3.39. The molecular weight excluding hydrogens is 424 g/mol. The van der Waals surface area contributed by atoms with Crippen molar-refractivity contribution in [1.82, 2.24) is 4.98 Å². The van der Waals surface area contributed by atoms with E-state index in [4.69, 9.17) is 0 Å². The van der Waals surface area contributed by atoms with Crippen LogP contribution in [0.2, 0.25) is 0 Å². The highest BCUT2D eigenvalue weighted by Crippen LogP contribution is 2.37. The van der Waals surface area contributed by atoms with Crippen molar-refractivity contribution in [3.63, 3.8) is 0 Å². The van der Waals surface area contributed by atoms with E-state index < -0.39 is 22.7 Å². The first-order chi connectivity index (χ1) is 7.76. The summed E-state index contributed by atoms with van der Waals surface area (Å²) in [5.74, 6) is -0.840. The molecule has 5 nitrogen and oxygen atoms in total. The second kappa shape index (κ2) is 5.33. The zero-order valence-corrected chi connectivity index (χ0v) is 11.5. The molecule has 0 aliphatic heterocycles. The lowest BCUT2D eigenvalue weighted by atomic mass is 10.3. The molecule has 1 rings (SSSR count). The molecule has 10 heteroatoms. The Bertz CT molecular complexity index is 455. The van der Waals surface area contributed by atoms with Gasteiger partial charge in [0.15, 0.2) is 0 Å². The largest absolute Gasteiger partial charge is 0.573 e. The second-order valence-corrected chi connectivity index (χ2v) is 4.31. The van der Waals surface area contributed by atoms with Gasteiger partial charge in [-0.15, -0.1) is 13.2 Å². The predicted molar refractivity (Wildman–Crippen MR) is 62.9 cm³/mol. The maximum Gasteiger partial charge on any atom is 0.573 e. The fourth-order valence-corrected chi connectivity index (χ4v) is 2.60. The SMILES string of the molecule is O=[N+]([O-])c1cnc(CBr)c(I)c1OC(F)(F)F. The van der Waals surface area contributed by atoms with Crippen LogP contribution < -0.4 is 4.74 Å². The number of hydrogen-bond donors (Lipinski definition) is 0. The number of hydrogen-bond acceptors (Lipinski definition) is 4. The normalized spacial score (nSPS) is 11.4. The van der Waals surface area contributed by atoms with Crippen LogP contribution in [0, 0.1) is 13.7 Å². The van der Waals surface area contributed by atoms with E-state index in [2.05, 4.69) is 25.7 Å². The second-order valence-electron chi connectivity index (χ2n) is 2.67. The molecule has 94 valence electrons. The zero-order chi connectivity index (χ0) is 13.2. The molecule has 0 unspecified atom stereocenters. The van der Waals surface area contributed by atoms with E-state index >= 15 is 0 Å². The van der Waals surface area contributed by atoms with Crippen molar-refractivity contribution in [2.75, 3.05) is 0 Å². The molecular formula is C7H3BrF3IN2O3. The van der Waals surface area contributed by atoms with Crippen molar-refractivity contribution in [3.8, 4) is 5.75 Å². The molecule has 0 radical (unpaired) electrons. The third-order valence-corrected chi connectivity index (χ3v) is 3.21. The van der Waals surface area contributed by atoms with Crippen LogP contribution in [0.15, 0.2) is 6.20 Å². The van der Waals surface area contributed by atoms with Crippen LogP contribution in [-0.4, -0.2) is 16.3 Å². The van der Waals surface area contributed by atoms with Gasteiger partial charge in [0.25, 0.3) is 0 Å². The van der Waals surface area contributed by atoms with Crippen molar-refractivity contribution in [2.45, 2.75) is 11.7 Å². The summed E-state index contributed by atoms with van der Waals surface area (Å²) in [6.07, 6.45) is -4.25. The van der Waals surface area contributed by atoms with Gasteiger partial charge in [0.05, 0.1) is 14.2 Å². The highest BCUT2D eigenvalue weighted by Gasteiger charge is 2.36. The summed E-state index contributed by atoms with van der Waals surface area (Å²) in [7, 11) is 0. The molecule has 0 aliphatic carbocycles. The van der Waals surface area contributed by atoms with E-state index in [9.17, 15) is 23.3 Å². The highest BCUT2D eigenvalue weighted by molar-refractivity contribution is 14.1. The Balaban J connectivity index is 3.35. The molecule has 0 saturated carbocycles. The third kappa shape index (κ3) is 3.66. The third-order valence-electron chi connectivity index (χ3n) is 1.57. The van der Waals surface area contributed by atoms with Crippen LogP contribution in [0.1, 0.15) is 5.69 Å². The summed E-state index contributed by atoms with van der Waals surface area (Å²) in [5, 5.41) is 10.7. The van der Waals surface area contributed by atoms with Crippen molar-refractivity contribution < 1.29 is 22.8 Å². The Hall–Kier alpha value is -0.650. The highest BCUT2D eigenvalue weighted by atomic mass is 127. The van der Waals surface area contributed by atoms with Crippen molar-refractivity contribution in [1.29, 1.82) is 0 Å². The average Bonchev–Trinajstić information content (AvgIpc) is 2.18. The van der Waals surface area contributed by atoms with Gasteiger partial charge in [-0.1, -0.05) is 15.9 Å². The first-order valence-electron chi connectivity index (χ1n) is 3.89. The van der Waals surface area contributed by atoms with Gasteiger partial charge in [-0.25, -0.2) is 0 Å². The Kier molecular flexibility index (Phi) is 4.52. The van der Waals surface area contributed by atoms with Crippen LogP contribution in [0.5, 0.6) is 5.75 Å². The van der Waals surface area contributed by atoms with Gasteiger partial charge in [-0.2, -0.15) is 0 Å². The van der Waals surface area contributed by atoms with Gasteiger partial charge >= 0.3 is 12.0 Å². The van der Waals surface area contributed by atoms with Crippen LogP contribution in [0.3, 0.4) is 0 Å². The maximum absolute atomic E-state index is 12.1. The van der Waals surface area contributed by atoms with Crippen molar-refractivity contribution >= 4 is 44.2 Å². The van der Waals surface area contributed by atoms with E-state index in [1.165, 1.54) is 22.6 Å².